The van der Waals surface area contributed by atoms with E-state index in [1.165, 1.54) is 6.92 Å². The van der Waals surface area contributed by atoms with Crippen LogP contribution in [0.2, 0.25) is 0 Å². The van der Waals surface area contributed by atoms with Gasteiger partial charge in [-0.25, -0.2) is 4.79 Å². The van der Waals surface area contributed by atoms with Crippen molar-refractivity contribution in [2.45, 2.75) is 26.4 Å². The first-order valence-electron chi connectivity index (χ1n) is 5.93. The maximum absolute atomic E-state index is 10.8. The molecule has 1 unspecified atom stereocenters. The first kappa shape index (κ1) is 14.3. The molecule has 1 aromatic rings. The summed E-state index contributed by atoms with van der Waals surface area (Å²) in [7, 11) is 0. The molecule has 18 heavy (non-hydrogen) atoms. The van der Waals surface area contributed by atoms with E-state index in [0.29, 0.717) is 24.7 Å². The molecule has 0 radical (unpaired) electrons. The molecule has 0 bridgehead atoms. The van der Waals surface area contributed by atoms with E-state index in [0.717, 1.165) is 12.0 Å². The molecule has 0 saturated heterocycles. The Morgan fingerprint density at radius 1 is 1.44 bits per heavy atom. The molecule has 0 aliphatic carbocycles. The van der Waals surface area contributed by atoms with E-state index in [-0.39, 0.29) is 0 Å². The van der Waals surface area contributed by atoms with Crippen molar-refractivity contribution in [3.8, 4) is 11.5 Å². The second-order valence-corrected chi connectivity index (χ2v) is 3.85. The largest absolute Gasteiger partial charge is 0.490 e. The Hall–Kier alpha value is -1.75. The Labute approximate surface area is 107 Å². The van der Waals surface area contributed by atoms with Gasteiger partial charge in [0.15, 0.2) is 17.6 Å². The minimum absolute atomic E-state index is 0.438. The lowest BCUT2D eigenvalue weighted by Crippen LogP contribution is -2.23. The SMILES string of the molecule is CCOc1cc(CCN)ccc1OC(C)C(=O)O. The number of carboxylic acid groups (broad SMARTS) is 1. The van der Waals surface area contributed by atoms with E-state index < -0.39 is 12.1 Å². The van der Waals surface area contributed by atoms with Gasteiger partial charge in [-0.1, -0.05) is 6.07 Å². The fraction of sp³-hybridized carbons (Fsp3) is 0.462. The highest BCUT2D eigenvalue weighted by Gasteiger charge is 2.15. The molecule has 5 nitrogen and oxygen atoms in total. The number of benzene rings is 1. The van der Waals surface area contributed by atoms with Crippen LogP contribution in [-0.4, -0.2) is 30.3 Å². The molecule has 100 valence electrons. The van der Waals surface area contributed by atoms with Crippen LogP contribution in [0.4, 0.5) is 0 Å². The number of carbonyl (C=O) groups is 1. The molecule has 0 spiro atoms. The molecule has 0 amide bonds. The summed E-state index contributed by atoms with van der Waals surface area (Å²) in [6.07, 6.45) is -0.168. The Bertz CT molecular complexity index is 406. The van der Waals surface area contributed by atoms with E-state index >= 15 is 0 Å². The van der Waals surface area contributed by atoms with Gasteiger partial charge >= 0.3 is 5.97 Å². The van der Waals surface area contributed by atoms with Gasteiger partial charge in [0.05, 0.1) is 6.61 Å². The van der Waals surface area contributed by atoms with E-state index in [1.54, 1.807) is 6.07 Å². The Morgan fingerprint density at radius 3 is 2.72 bits per heavy atom. The molecule has 0 heterocycles. The van der Waals surface area contributed by atoms with Crippen LogP contribution in [0.15, 0.2) is 18.2 Å². The number of rotatable bonds is 7. The minimum Gasteiger partial charge on any atom is -0.490 e. The highest BCUT2D eigenvalue weighted by molar-refractivity contribution is 5.72. The van der Waals surface area contributed by atoms with E-state index in [9.17, 15) is 4.79 Å². The number of nitrogens with two attached hydrogens (primary N) is 1. The summed E-state index contributed by atoms with van der Waals surface area (Å²) in [4.78, 5) is 10.8. The normalized spacial score (nSPS) is 11.9. The molecular formula is C13H19NO4. The molecule has 0 aromatic heterocycles. The zero-order valence-corrected chi connectivity index (χ0v) is 10.7. The summed E-state index contributed by atoms with van der Waals surface area (Å²) in [6, 6.07) is 5.41. The lowest BCUT2D eigenvalue weighted by atomic mass is 10.1. The Kier molecular flexibility index (Phi) is 5.45. The van der Waals surface area contributed by atoms with Crippen molar-refractivity contribution in [1.82, 2.24) is 0 Å². The zero-order chi connectivity index (χ0) is 13.5. The van der Waals surface area contributed by atoms with Gasteiger partial charge in [0, 0.05) is 0 Å². The van der Waals surface area contributed by atoms with Crippen molar-refractivity contribution in [1.29, 1.82) is 0 Å². The van der Waals surface area contributed by atoms with Crippen LogP contribution in [0.3, 0.4) is 0 Å². The first-order valence-corrected chi connectivity index (χ1v) is 5.93. The van der Waals surface area contributed by atoms with Gasteiger partial charge in [-0.3, -0.25) is 0 Å². The third-order valence-corrected chi connectivity index (χ3v) is 2.39. The van der Waals surface area contributed by atoms with Crippen LogP contribution < -0.4 is 15.2 Å². The van der Waals surface area contributed by atoms with Crippen LogP contribution in [0.5, 0.6) is 11.5 Å². The summed E-state index contributed by atoms with van der Waals surface area (Å²) in [5, 5.41) is 8.82. The summed E-state index contributed by atoms with van der Waals surface area (Å²) < 4.78 is 10.8. The van der Waals surface area contributed by atoms with Gasteiger partial charge in [0.2, 0.25) is 0 Å². The van der Waals surface area contributed by atoms with Gasteiger partial charge in [0.25, 0.3) is 0 Å². The number of hydrogen-bond donors (Lipinski definition) is 2. The van der Waals surface area contributed by atoms with Crippen molar-refractivity contribution in [3.63, 3.8) is 0 Å². The van der Waals surface area contributed by atoms with E-state index in [2.05, 4.69) is 0 Å². The predicted molar refractivity (Wildman–Crippen MR) is 68.1 cm³/mol. The second-order valence-electron chi connectivity index (χ2n) is 3.85. The fourth-order valence-electron chi connectivity index (χ4n) is 1.48. The van der Waals surface area contributed by atoms with Crippen LogP contribution in [0.25, 0.3) is 0 Å². The van der Waals surface area contributed by atoms with Crippen molar-refractivity contribution >= 4 is 5.97 Å². The third kappa shape index (κ3) is 3.92. The molecule has 0 aliphatic rings. The maximum Gasteiger partial charge on any atom is 0.344 e. The van der Waals surface area contributed by atoms with Gasteiger partial charge in [-0.2, -0.15) is 0 Å². The highest BCUT2D eigenvalue weighted by Crippen LogP contribution is 2.29. The van der Waals surface area contributed by atoms with Gasteiger partial charge in [-0.05, 0) is 44.5 Å². The topological polar surface area (TPSA) is 81.8 Å². The summed E-state index contributed by atoms with van der Waals surface area (Å²) in [5.74, 6) is -0.0208. The molecule has 5 heteroatoms. The number of aliphatic carboxylic acids is 1. The summed E-state index contributed by atoms with van der Waals surface area (Å²) in [6.45, 7) is 4.38. The lowest BCUT2D eigenvalue weighted by molar-refractivity contribution is -0.144. The Balaban J connectivity index is 2.91. The van der Waals surface area contributed by atoms with E-state index in [1.807, 2.05) is 19.1 Å². The van der Waals surface area contributed by atoms with Gasteiger partial charge in [-0.15, -0.1) is 0 Å². The smallest absolute Gasteiger partial charge is 0.344 e. The number of carboxylic acids is 1. The van der Waals surface area contributed by atoms with Crippen molar-refractivity contribution in [2.24, 2.45) is 5.73 Å². The molecule has 1 aromatic carbocycles. The molecule has 0 saturated carbocycles. The van der Waals surface area contributed by atoms with Crippen LogP contribution >= 0.6 is 0 Å². The number of hydrogen-bond acceptors (Lipinski definition) is 4. The summed E-state index contributed by atoms with van der Waals surface area (Å²) in [5.41, 5.74) is 6.53. The Morgan fingerprint density at radius 2 is 2.17 bits per heavy atom. The van der Waals surface area contributed by atoms with Crippen LogP contribution in [0, 0.1) is 0 Å². The maximum atomic E-state index is 10.8. The van der Waals surface area contributed by atoms with Crippen molar-refractivity contribution in [3.05, 3.63) is 23.8 Å². The van der Waals surface area contributed by atoms with Gasteiger partial charge < -0.3 is 20.3 Å². The monoisotopic (exact) mass is 253 g/mol. The second kappa shape index (κ2) is 6.86. The van der Waals surface area contributed by atoms with Crippen molar-refractivity contribution in [2.75, 3.05) is 13.2 Å². The molecular weight excluding hydrogens is 234 g/mol. The fourth-order valence-corrected chi connectivity index (χ4v) is 1.48. The van der Waals surface area contributed by atoms with E-state index in [4.69, 9.17) is 20.3 Å². The molecule has 0 fully saturated rings. The molecule has 3 N–H and O–H groups in total. The highest BCUT2D eigenvalue weighted by atomic mass is 16.5. The van der Waals surface area contributed by atoms with Crippen molar-refractivity contribution < 1.29 is 19.4 Å². The minimum atomic E-state index is -1.01. The van der Waals surface area contributed by atoms with Crippen LogP contribution in [-0.2, 0) is 11.2 Å². The number of ether oxygens (including phenoxy) is 2. The molecule has 1 atom stereocenters. The lowest BCUT2D eigenvalue weighted by Gasteiger charge is -2.15. The predicted octanol–water partition coefficient (Wildman–Crippen LogP) is 1.44. The summed E-state index contributed by atoms with van der Waals surface area (Å²) >= 11 is 0. The average molecular weight is 253 g/mol. The third-order valence-electron chi connectivity index (χ3n) is 2.39. The van der Waals surface area contributed by atoms with Crippen LogP contribution in [0.1, 0.15) is 19.4 Å². The standard InChI is InChI=1S/C13H19NO4/c1-3-17-12-8-10(6-7-14)4-5-11(12)18-9(2)13(15)16/h4-5,8-9H,3,6-7,14H2,1-2H3,(H,15,16). The first-order chi connectivity index (χ1) is 8.58. The van der Waals surface area contributed by atoms with Gasteiger partial charge in [0.1, 0.15) is 0 Å². The zero-order valence-electron chi connectivity index (χ0n) is 10.7. The molecule has 1 rings (SSSR count). The average Bonchev–Trinajstić information content (AvgIpc) is 2.33. The molecule has 0 aliphatic heterocycles. The quantitative estimate of drug-likeness (QED) is 0.768.